The zero-order chi connectivity index (χ0) is 14.3. The highest BCUT2D eigenvalue weighted by molar-refractivity contribution is 5.91. The Morgan fingerprint density at radius 2 is 1.94 bits per heavy atom. The van der Waals surface area contributed by atoms with Crippen LogP contribution in [0.2, 0.25) is 0 Å². The molecule has 0 aromatic carbocycles. The minimum atomic E-state index is -1.10. The lowest BCUT2D eigenvalue weighted by Crippen LogP contribution is -2.26. The number of allylic oxidation sites excluding steroid dienone is 3. The fourth-order valence-corrected chi connectivity index (χ4v) is 1.60. The fraction of sp³-hybridized carbons (Fsp3) is 0.533. The van der Waals surface area contributed by atoms with E-state index in [1.807, 2.05) is 13.8 Å². The topological polar surface area (TPSA) is 57.5 Å². The quantitative estimate of drug-likeness (QED) is 0.541. The molecular formula is C15H24O3. The maximum Gasteiger partial charge on any atom is 0.159 e. The standard InChI is InChI=1S/C15H24O3/c1-6-15(5,18)10-14(17)9-12(4)8-13(16)7-11(2)3/h6-7,9,14,17-18H,1,8,10H2,2-5H3. The summed E-state index contributed by atoms with van der Waals surface area (Å²) in [7, 11) is 0. The molecule has 3 heteroatoms. The van der Waals surface area contributed by atoms with Gasteiger partial charge in [-0.15, -0.1) is 6.58 Å². The van der Waals surface area contributed by atoms with Crippen LogP contribution in [-0.2, 0) is 4.79 Å². The van der Waals surface area contributed by atoms with Gasteiger partial charge in [0.05, 0.1) is 11.7 Å². The van der Waals surface area contributed by atoms with Crippen LogP contribution < -0.4 is 0 Å². The average molecular weight is 252 g/mol. The Labute approximate surface area is 110 Å². The van der Waals surface area contributed by atoms with E-state index < -0.39 is 11.7 Å². The molecule has 0 aromatic rings. The lowest BCUT2D eigenvalue weighted by atomic mass is 9.97. The fourth-order valence-electron chi connectivity index (χ4n) is 1.60. The molecule has 0 heterocycles. The van der Waals surface area contributed by atoms with Crippen molar-refractivity contribution in [3.63, 3.8) is 0 Å². The molecule has 0 saturated carbocycles. The van der Waals surface area contributed by atoms with Crippen molar-refractivity contribution in [2.24, 2.45) is 0 Å². The van der Waals surface area contributed by atoms with Gasteiger partial charge in [0.2, 0.25) is 0 Å². The third kappa shape index (κ3) is 7.98. The third-order valence-electron chi connectivity index (χ3n) is 2.44. The minimum Gasteiger partial charge on any atom is -0.389 e. The smallest absolute Gasteiger partial charge is 0.159 e. The number of rotatable bonds is 7. The van der Waals surface area contributed by atoms with Crippen molar-refractivity contribution < 1.29 is 15.0 Å². The first-order valence-corrected chi connectivity index (χ1v) is 6.05. The summed E-state index contributed by atoms with van der Waals surface area (Å²) < 4.78 is 0. The van der Waals surface area contributed by atoms with Crippen LogP contribution in [0.1, 0.15) is 40.5 Å². The molecule has 3 nitrogen and oxygen atoms in total. The Balaban J connectivity index is 4.46. The minimum absolute atomic E-state index is 0.0198. The maximum absolute atomic E-state index is 11.5. The molecule has 0 bridgehead atoms. The van der Waals surface area contributed by atoms with Crippen molar-refractivity contribution in [2.45, 2.75) is 52.2 Å². The summed E-state index contributed by atoms with van der Waals surface area (Å²) in [5.74, 6) is 0.0198. The van der Waals surface area contributed by atoms with Crippen LogP contribution in [-0.4, -0.2) is 27.7 Å². The molecule has 2 atom stereocenters. The molecule has 0 spiro atoms. The summed E-state index contributed by atoms with van der Waals surface area (Å²) in [6, 6.07) is 0. The second-order valence-corrected chi connectivity index (χ2v) is 5.21. The van der Waals surface area contributed by atoms with E-state index in [1.54, 1.807) is 26.0 Å². The Hall–Kier alpha value is -1.19. The lowest BCUT2D eigenvalue weighted by molar-refractivity contribution is -0.114. The van der Waals surface area contributed by atoms with Gasteiger partial charge >= 0.3 is 0 Å². The van der Waals surface area contributed by atoms with E-state index in [0.717, 1.165) is 11.1 Å². The van der Waals surface area contributed by atoms with Gasteiger partial charge in [-0.2, -0.15) is 0 Å². The summed E-state index contributed by atoms with van der Waals surface area (Å²) in [4.78, 5) is 11.5. The number of hydrogen-bond acceptors (Lipinski definition) is 3. The highest BCUT2D eigenvalue weighted by Gasteiger charge is 2.19. The molecule has 0 fully saturated rings. The van der Waals surface area contributed by atoms with Gasteiger partial charge in [0.15, 0.2) is 5.78 Å². The summed E-state index contributed by atoms with van der Waals surface area (Å²) >= 11 is 0. The number of carbonyl (C=O) groups is 1. The van der Waals surface area contributed by atoms with Crippen LogP contribution in [0, 0.1) is 0 Å². The average Bonchev–Trinajstić information content (AvgIpc) is 2.14. The Morgan fingerprint density at radius 3 is 2.39 bits per heavy atom. The number of hydrogen-bond donors (Lipinski definition) is 2. The first-order chi connectivity index (χ1) is 8.16. The highest BCUT2D eigenvalue weighted by atomic mass is 16.3. The SMILES string of the molecule is C=CC(C)(O)CC(O)C=C(C)CC(=O)C=C(C)C. The van der Waals surface area contributed by atoms with Gasteiger partial charge in [-0.05, 0) is 33.8 Å². The van der Waals surface area contributed by atoms with E-state index in [1.165, 1.54) is 6.08 Å². The first-order valence-electron chi connectivity index (χ1n) is 6.05. The predicted octanol–water partition coefficient (Wildman–Crippen LogP) is 2.55. The van der Waals surface area contributed by atoms with E-state index in [0.29, 0.717) is 6.42 Å². The van der Waals surface area contributed by atoms with E-state index in [2.05, 4.69) is 6.58 Å². The number of aliphatic hydroxyl groups is 2. The van der Waals surface area contributed by atoms with Gasteiger partial charge in [0, 0.05) is 12.8 Å². The first kappa shape index (κ1) is 16.8. The summed E-state index contributed by atoms with van der Waals surface area (Å²) in [5.41, 5.74) is 0.660. The van der Waals surface area contributed by atoms with Crippen LogP contribution in [0.3, 0.4) is 0 Å². The van der Waals surface area contributed by atoms with Gasteiger partial charge in [0.25, 0.3) is 0 Å². The molecule has 102 valence electrons. The monoisotopic (exact) mass is 252 g/mol. The Bertz CT molecular complexity index is 358. The second kappa shape index (κ2) is 7.29. The second-order valence-electron chi connectivity index (χ2n) is 5.21. The van der Waals surface area contributed by atoms with Gasteiger partial charge in [-0.1, -0.05) is 23.3 Å². The van der Waals surface area contributed by atoms with E-state index >= 15 is 0 Å². The van der Waals surface area contributed by atoms with E-state index in [-0.39, 0.29) is 12.2 Å². The van der Waals surface area contributed by atoms with Crippen molar-refractivity contribution in [3.8, 4) is 0 Å². The van der Waals surface area contributed by atoms with Crippen molar-refractivity contribution in [2.75, 3.05) is 0 Å². The number of aliphatic hydroxyl groups excluding tert-OH is 1. The highest BCUT2D eigenvalue weighted by Crippen LogP contribution is 2.15. The third-order valence-corrected chi connectivity index (χ3v) is 2.44. The predicted molar refractivity (Wildman–Crippen MR) is 74.3 cm³/mol. The van der Waals surface area contributed by atoms with Gasteiger partial charge in [0.1, 0.15) is 0 Å². The molecule has 0 aliphatic carbocycles. The molecule has 0 radical (unpaired) electrons. The van der Waals surface area contributed by atoms with Crippen LogP contribution in [0.15, 0.2) is 36.0 Å². The van der Waals surface area contributed by atoms with Crippen molar-refractivity contribution in [1.29, 1.82) is 0 Å². The Kier molecular flexibility index (Phi) is 6.81. The molecule has 0 aliphatic rings. The largest absolute Gasteiger partial charge is 0.389 e. The van der Waals surface area contributed by atoms with Crippen molar-refractivity contribution >= 4 is 5.78 Å². The van der Waals surface area contributed by atoms with Crippen molar-refractivity contribution in [3.05, 3.63) is 36.0 Å². The zero-order valence-corrected chi connectivity index (χ0v) is 11.7. The normalized spacial score (nSPS) is 16.7. The molecule has 2 unspecified atom stereocenters. The Morgan fingerprint density at radius 1 is 1.39 bits per heavy atom. The molecule has 0 aromatic heterocycles. The van der Waals surface area contributed by atoms with Crippen LogP contribution >= 0.6 is 0 Å². The summed E-state index contributed by atoms with van der Waals surface area (Å²) in [5, 5.41) is 19.5. The van der Waals surface area contributed by atoms with Gasteiger partial charge in [-0.3, -0.25) is 4.79 Å². The summed E-state index contributed by atoms with van der Waals surface area (Å²) in [6.45, 7) is 10.6. The van der Waals surface area contributed by atoms with Gasteiger partial charge < -0.3 is 10.2 Å². The van der Waals surface area contributed by atoms with Crippen molar-refractivity contribution in [1.82, 2.24) is 0 Å². The molecule has 0 saturated heterocycles. The number of ketones is 1. The number of carbonyl (C=O) groups excluding carboxylic acids is 1. The van der Waals surface area contributed by atoms with Crippen LogP contribution in [0.4, 0.5) is 0 Å². The molecule has 0 rings (SSSR count). The van der Waals surface area contributed by atoms with E-state index in [9.17, 15) is 15.0 Å². The molecule has 18 heavy (non-hydrogen) atoms. The molecular weight excluding hydrogens is 228 g/mol. The lowest BCUT2D eigenvalue weighted by Gasteiger charge is -2.20. The molecule has 0 amide bonds. The maximum atomic E-state index is 11.5. The van der Waals surface area contributed by atoms with Crippen LogP contribution in [0.5, 0.6) is 0 Å². The summed E-state index contributed by atoms with van der Waals surface area (Å²) in [6.07, 6.45) is 4.27. The van der Waals surface area contributed by atoms with Gasteiger partial charge in [-0.25, -0.2) is 0 Å². The zero-order valence-electron chi connectivity index (χ0n) is 11.7. The molecule has 0 aliphatic heterocycles. The van der Waals surface area contributed by atoms with Crippen LogP contribution in [0.25, 0.3) is 0 Å². The van der Waals surface area contributed by atoms with E-state index in [4.69, 9.17) is 0 Å². The molecule has 2 N–H and O–H groups in total.